The van der Waals surface area contributed by atoms with Crippen LogP contribution in [0.25, 0.3) is 0 Å². The Morgan fingerprint density at radius 1 is 1.70 bits per heavy atom. The number of hydrogen-bond acceptors (Lipinski definition) is 3. The van der Waals surface area contributed by atoms with Gasteiger partial charge in [-0.25, -0.2) is 0 Å². The summed E-state index contributed by atoms with van der Waals surface area (Å²) in [4.78, 5) is 10.9. The highest BCUT2D eigenvalue weighted by atomic mass is 16.5. The number of ketones is 1. The van der Waals surface area contributed by atoms with Gasteiger partial charge in [-0.1, -0.05) is 6.92 Å². The molecule has 0 fully saturated rings. The van der Waals surface area contributed by atoms with Gasteiger partial charge >= 0.3 is 0 Å². The van der Waals surface area contributed by atoms with E-state index in [1.807, 2.05) is 6.92 Å². The molecule has 0 unspecified atom stereocenters. The SMILES string of the molecule is CC[C@H]1OC(C)=C(O)C1=O. The predicted octanol–water partition coefficient (Wildman–Crippen LogP) is 1.15. The number of allylic oxidation sites excluding steroid dienone is 1. The molecule has 0 spiro atoms. The Bertz CT molecular complexity index is 193. The molecule has 0 aliphatic carbocycles. The van der Waals surface area contributed by atoms with Gasteiger partial charge in [0.2, 0.25) is 11.5 Å². The van der Waals surface area contributed by atoms with Crippen LogP contribution in [0.4, 0.5) is 0 Å². The number of Topliss-reactive ketones (excluding diaryl/α,β-unsaturated/α-hetero) is 1. The predicted molar refractivity (Wildman–Crippen MR) is 35.5 cm³/mol. The third kappa shape index (κ3) is 0.875. The van der Waals surface area contributed by atoms with Gasteiger partial charge in [0.25, 0.3) is 0 Å². The van der Waals surface area contributed by atoms with Crippen LogP contribution in [0.15, 0.2) is 11.5 Å². The van der Waals surface area contributed by atoms with Gasteiger partial charge in [0, 0.05) is 0 Å². The lowest BCUT2D eigenvalue weighted by molar-refractivity contribution is -0.123. The summed E-state index contributed by atoms with van der Waals surface area (Å²) in [7, 11) is 0. The molecule has 0 saturated heterocycles. The topological polar surface area (TPSA) is 46.5 Å². The zero-order valence-corrected chi connectivity index (χ0v) is 6.05. The molecule has 1 rings (SSSR count). The molecular formula is C7H10O3. The third-order valence-electron chi connectivity index (χ3n) is 1.55. The van der Waals surface area contributed by atoms with Crippen LogP contribution in [-0.2, 0) is 9.53 Å². The van der Waals surface area contributed by atoms with Crippen LogP contribution in [0.5, 0.6) is 0 Å². The molecule has 56 valence electrons. The number of rotatable bonds is 1. The summed E-state index contributed by atoms with van der Waals surface area (Å²) in [5.41, 5.74) is 0. The fourth-order valence-electron chi connectivity index (χ4n) is 0.917. The van der Waals surface area contributed by atoms with Crippen LogP contribution in [0.2, 0.25) is 0 Å². The normalized spacial score (nSPS) is 25.4. The molecule has 3 heteroatoms. The molecule has 1 aliphatic heterocycles. The van der Waals surface area contributed by atoms with Gasteiger partial charge in [-0.2, -0.15) is 0 Å². The van der Waals surface area contributed by atoms with Gasteiger partial charge in [-0.05, 0) is 13.3 Å². The van der Waals surface area contributed by atoms with Crippen molar-refractivity contribution in [2.24, 2.45) is 0 Å². The van der Waals surface area contributed by atoms with Crippen molar-refractivity contribution >= 4 is 5.78 Å². The summed E-state index contributed by atoms with van der Waals surface area (Å²) >= 11 is 0. The number of aliphatic hydroxyl groups excluding tert-OH is 1. The van der Waals surface area contributed by atoms with Crippen LogP contribution in [-0.4, -0.2) is 17.0 Å². The average Bonchev–Trinajstić information content (AvgIpc) is 2.17. The maximum absolute atomic E-state index is 10.9. The van der Waals surface area contributed by atoms with E-state index in [9.17, 15) is 4.79 Å². The highest BCUT2D eigenvalue weighted by Gasteiger charge is 2.31. The Kier molecular flexibility index (Phi) is 1.66. The highest BCUT2D eigenvalue weighted by Crippen LogP contribution is 2.20. The molecule has 1 aliphatic rings. The van der Waals surface area contributed by atoms with Crippen molar-refractivity contribution in [3.63, 3.8) is 0 Å². The molecule has 0 aromatic rings. The van der Waals surface area contributed by atoms with E-state index in [1.165, 1.54) is 0 Å². The van der Waals surface area contributed by atoms with Crippen LogP contribution >= 0.6 is 0 Å². The quantitative estimate of drug-likeness (QED) is 0.597. The minimum Gasteiger partial charge on any atom is -0.502 e. The average molecular weight is 142 g/mol. The van der Waals surface area contributed by atoms with Gasteiger partial charge in [0.15, 0.2) is 6.10 Å². The van der Waals surface area contributed by atoms with E-state index in [2.05, 4.69) is 0 Å². The second kappa shape index (κ2) is 2.33. The first-order valence-corrected chi connectivity index (χ1v) is 3.27. The lowest BCUT2D eigenvalue weighted by Gasteiger charge is -2.04. The summed E-state index contributed by atoms with van der Waals surface area (Å²) in [6.45, 7) is 3.43. The van der Waals surface area contributed by atoms with Gasteiger partial charge in [0.05, 0.1) is 0 Å². The van der Waals surface area contributed by atoms with E-state index >= 15 is 0 Å². The molecule has 0 saturated carbocycles. The van der Waals surface area contributed by atoms with E-state index in [4.69, 9.17) is 9.84 Å². The first-order valence-electron chi connectivity index (χ1n) is 3.27. The van der Waals surface area contributed by atoms with Crippen molar-refractivity contribution in [3.8, 4) is 0 Å². The van der Waals surface area contributed by atoms with E-state index in [0.717, 1.165) is 0 Å². The summed E-state index contributed by atoms with van der Waals surface area (Å²) in [5.74, 6) is -0.163. The van der Waals surface area contributed by atoms with Gasteiger partial charge in [-0.3, -0.25) is 4.79 Å². The number of ether oxygens (including phenoxy) is 1. The molecule has 0 aromatic carbocycles. The molecule has 1 heterocycles. The second-order valence-electron chi connectivity index (χ2n) is 2.28. The molecule has 1 atom stereocenters. The van der Waals surface area contributed by atoms with E-state index in [-0.39, 0.29) is 11.5 Å². The van der Waals surface area contributed by atoms with Crippen molar-refractivity contribution in [1.82, 2.24) is 0 Å². The third-order valence-corrected chi connectivity index (χ3v) is 1.55. The first kappa shape index (κ1) is 7.12. The Morgan fingerprint density at radius 3 is 2.50 bits per heavy atom. The molecule has 0 radical (unpaired) electrons. The van der Waals surface area contributed by atoms with Gasteiger partial charge in [-0.15, -0.1) is 0 Å². The molecule has 1 N–H and O–H groups in total. The van der Waals surface area contributed by atoms with Gasteiger partial charge < -0.3 is 9.84 Å². The minimum absolute atomic E-state index is 0.216. The molecular weight excluding hydrogens is 132 g/mol. The van der Waals surface area contributed by atoms with Gasteiger partial charge in [0.1, 0.15) is 5.76 Å². The number of aliphatic hydroxyl groups is 1. The summed E-state index contributed by atoms with van der Waals surface area (Å²) in [5, 5.41) is 8.97. The fraction of sp³-hybridized carbons (Fsp3) is 0.571. The zero-order valence-electron chi connectivity index (χ0n) is 6.05. The minimum atomic E-state index is -0.444. The van der Waals surface area contributed by atoms with Crippen molar-refractivity contribution < 1.29 is 14.6 Å². The maximum atomic E-state index is 10.9. The molecule has 0 amide bonds. The van der Waals surface area contributed by atoms with Crippen LogP contribution in [0.3, 0.4) is 0 Å². The smallest absolute Gasteiger partial charge is 0.240 e. The molecule has 0 bridgehead atoms. The second-order valence-corrected chi connectivity index (χ2v) is 2.28. The number of carbonyl (C=O) groups is 1. The number of hydrogen-bond donors (Lipinski definition) is 1. The van der Waals surface area contributed by atoms with E-state index < -0.39 is 6.10 Å². The van der Waals surface area contributed by atoms with Crippen molar-refractivity contribution in [2.45, 2.75) is 26.4 Å². The maximum Gasteiger partial charge on any atom is 0.240 e. The standard InChI is InChI=1S/C7H10O3/c1-3-5-7(9)6(8)4(2)10-5/h5,8H,3H2,1-2H3/t5-/m1/s1. The lowest BCUT2D eigenvalue weighted by Crippen LogP contribution is -2.16. The van der Waals surface area contributed by atoms with E-state index in [1.54, 1.807) is 6.92 Å². The highest BCUT2D eigenvalue weighted by molar-refractivity contribution is 5.98. The summed E-state index contributed by atoms with van der Waals surface area (Å²) in [6.07, 6.45) is 0.167. The monoisotopic (exact) mass is 142 g/mol. The number of carbonyl (C=O) groups excluding carboxylic acids is 1. The van der Waals surface area contributed by atoms with E-state index in [0.29, 0.717) is 12.2 Å². The zero-order chi connectivity index (χ0) is 7.72. The Morgan fingerprint density at radius 2 is 2.30 bits per heavy atom. The van der Waals surface area contributed by atoms with Crippen molar-refractivity contribution in [2.75, 3.05) is 0 Å². The van der Waals surface area contributed by atoms with Crippen molar-refractivity contribution in [3.05, 3.63) is 11.5 Å². The lowest BCUT2D eigenvalue weighted by atomic mass is 10.2. The fourth-order valence-corrected chi connectivity index (χ4v) is 0.917. The van der Waals surface area contributed by atoms with Crippen LogP contribution in [0.1, 0.15) is 20.3 Å². The molecule has 10 heavy (non-hydrogen) atoms. The Hall–Kier alpha value is -0.990. The summed E-state index contributed by atoms with van der Waals surface area (Å²) in [6, 6.07) is 0. The molecule has 3 nitrogen and oxygen atoms in total. The van der Waals surface area contributed by atoms with Crippen LogP contribution in [0, 0.1) is 0 Å². The first-order chi connectivity index (χ1) is 4.66. The van der Waals surface area contributed by atoms with Crippen molar-refractivity contribution in [1.29, 1.82) is 0 Å². The Labute approximate surface area is 59.3 Å². The summed E-state index contributed by atoms with van der Waals surface area (Å²) < 4.78 is 5.02. The molecule has 0 aromatic heterocycles. The largest absolute Gasteiger partial charge is 0.502 e. The van der Waals surface area contributed by atoms with Crippen LogP contribution < -0.4 is 0 Å². The Balaban J connectivity index is 2.77.